The second-order valence-corrected chi connectivity index (χ2v) is 7.25. The highest BCUT2D eigenvalue weighted by Crippen LogP contribution is 2.30. The normalized spacial score (nSPS) is 16.4. The van der Waals surface area contributed by atoms with Crippen molar-refractivity contribution in [3.05, 3.63) is 30.1 Å². The number of amides is 1. The fraction of sp³-hybridized carbons (Fsp3) is 0.429. The summed E-state index contributed by atoms with van der Waals surface area (Å²) in [6, 6.07) is 5.95. The first kappa shape index (κ1) is 19.2. The topological polar surface area (TPSA) is 82.4 Å². The summed E-state index contributed by atoms with van der Waals surface area (Å²) >= 11 is 0. The van der Waals surface area contributed by atoms with Crippen LogP contribution < -0.4 is 9.47 Å². The second-order valence-electron chi connectivity index (χ2n) is 7.25. The Labute approximate surface area is 169 Å². The Balaban J connectivity index is 1.65. The Kier molecular flexibility index (Phi) is 5.08. The SMILES string of the molecule is CCC(=O)N1CC[C@H](Oc2ncnc3c2nc(-c2ccc(OC)c(C)c2)n3C)C1. The molecule has 1 aliphatic heterocycles. The van der Waals surface area contributed by atoms with Gasteiger partial charge in [-0.2, -0.15) is 4.98 Å². The number of hydrogen-bond acceptors (Lipinski definition) is 6. The monoisotopic (exact) mass is 395 g/mol. The van der Waals surface area contributed by atoms with Gasteiger partial charge in [0.2, 0.25) is 11.8 Å². The number of fused-ring (bicyclic) bond motifs is 1. The van der Waals surface area contributed by atoms with E-state index in [0.29, 0.717) is 36.6 Å². The third kappa shape index (κ3) is 3.50. The maximum atomic E-state index is 11.9. The molecule has 2 aromatic heterocycles. The van der Waals surface area contributed by atoms with Crippen molar-refractivity contribution in [3.63, 3.8) is 0 Å². The van der Waals surface area contributed by atoms with Crippen LogP contribution in [0.3, 0.4) is 0 Å². The molecule has 8 nitrogen and oxygen atoms in total. The molecule has 1 amide bonds. The highest BCUT2D eigenvalue weighted by Gasteiger charge is 2.28. The Bertz CT molecular complexity index is 1060. The first-order valence-corrected chi connectivity index (χ1v) is 9.78. The minimum Gasteiger partial charge on any atom is -0.496 e. The molecule has 152 valence electrons. The summed E-state index contributed by atoms with van der Waals surface area (Å²) in [7, 11) is 3.59. The zero-order valence-electron chi connectivity index (χ0n) is 17.2. The summed E-state index contributed by atoms with van der Waals surface area (Å²) < 4.78 is 13.4. The van der Waals surface area contributed by atoms with E-state index in [4.69, 9.17) is 14.5 Å². The van der Waals surface area contributed by atoms with Crippen molar-refractivity contribution in [1.82, 2.24) is 24.4 Å². The number of rotatable bonds is 5. The van der Waals surface area contributed by atoms with Gasteiger partial charge in [0, 0.05) is 32.0 Å². The molecule has 0 N–H and O–H groups in total. The minimum atomic E-state index is -0.0858. The van der Waals surface area contributed by atoms with Gasteiger partial charge in [-0.1, -0.05) is 6.92 Å². The minimum absolute atomic E-state index is 0.0858. The van der Waals surface area contributed by atoms with Crippen LogP contribution in [0, 0.1) is 6.92 Å². The number of likely N-dealkylation sites (tertiary alicyclic amines) is 1. The van der Waals surface area contributed by atoms with Gasteiger partial charge >= 0.3 is 0 Å². The van der Waals surface area contributed by atoms with E-state index in [1.165, 1.54) is 6.33 Å². The van der Waals surface area contributed by atoms with E-state index < -0.39 is 0 Å². The van der Waals surface area contributed by atoms with E-state index in [1.807, 2.05) is 48.6 Å². The lowest BCUT2D eigenvalue weighted by atomic mass is 10.1. The molecule has 0 bridgehead atoms. The quantitative estimate of drug-likeness (QED) is 0.661. The number of carbonyl (C=O) groups excluding carboxylic acids is 1. The molecule has 8 heteroatoms. The molecule has 1 aliphatic rings. The van der Waals surface area contributed by atoms with Crippen LogP contribution in [0.15, 0.2) is 24.5 Å². The Morgan fingerprint density at radius 3 is 2.86 bits per heavy atom. The van der Waals surface area contributed by atoms with Gasteiger partial charge < -0.3 is 18.9 Å². The number of aryl methyl sites for hydroxylation is 2. The molecular formula is C21H25N5O3. The van der Waals surface area contributed by atoms with Gasteiger partial charge in [-0.15, -0.1) is 0 Å². The van der Waals surface area contributed by atoms with Crippen LogP contribution >= 0.6 is 0 Å². The van der Waals surface area contributed by atoms with E-state index in [0.717, 1.165) is 29.1 Å². The molecule has 3 aromatic rings. The van der Waals surface area contributed by atoms with Crippen LogP contribution in [-0.2, 0) is 11.8 Å². The molecule has 1 fully saturated rings. The third-order valence-corrected chi connectivity index (χ3v) is 5.35. The molecule has 1 aromatic carbocycles. The molecule has 0 spiro atoms. The van der Waals surface area contributed by atoms with Crippen molar-refractivity contribution in [2.45, 2.75) is 32.8 Å². The van der Waals surface area contributed by atoms with E-state index in [9.17, 15) is 4.79 Å². The van der Waals surface area contributed by atoms with E-state index >= 15 is 0 Å². The second kappa shape index (κ2) is 7.69. The molecule has 3 heterocycles. The van der Waals surface area contributed by atoms with Crippen LogP contribution in [0.4, 0.5) is 0 Å². The van der Waals surface area contributed by atoms with Crippen LogP contribution in [-0.4, -0.2) is 56.6 Å². The van der Waals surface area contributed by atoms with Gasteiger partial charge in [0.1, 0.15) is 24.0 Å². The Hall–Kier alpha value is -3.16. The number of carbonyl (C=O) groups is 1. The zero-order chi connectivity index (χ0) is 20.5. The van der Waals surface area contributed by atoms with Gasteiger partial charge in [-0.3, -0.25) is 4.79 Å². The van der Waals surface area contributed by atoms with Crippen molar-refractivity contribution in [2.75, 3.05) is 20.2 Å². The van der Waals surface area contributed by atoms with Crippen LogP contribution in [0.2, 0.25) is 0 Å². The van der Waals surface area contributed by atoms with Crippen LogP contribution in [0.25, 0.3) is 22.6 Å². The predicted molar refractivity (Wildman–Crippen MR) is 109 cm³/mol. The number of imidazole rings is 1. The van der Waals surface area contributed by atoms with E-state index in [2.05, 4.69) is 9.97 Å². The highest BCUT2D eigenvalue weighted by atomic mass is 16.5. The van der Waals surface area contributed by atoms with Crippen molar-refractivity contribution < 1.29 is 14.3 Å². The first-order chi connectivity index (χ1) is 14.0. The molecule has 0 unspecified atom stereocenters. The molecule has 0 aliphatic carbocycles. The zero-order valence-corrected chi connectivity index (χ0v) is 17.2. The predicted octanol–water partition coefficient (Wildman–Crippen LogP) is 2.74. The van der Waals surface area contributed by atoms with Crippen molar-refractivity contribution in [1.29, 1.82) is 0 Å². The molecule has 1 atom stereocenters. The average molecular weight is 395 g/mol. The fourth-order valence-corrected chi connectivity index (χ4v) is 3.77. The van der Waals surface area contributed by atoms with Gasteiger partial charge in [0.15, 0.2) is 11.2 Å². The molecule has 1 saturated heterocycles. The van der Waals surface area contributed by atoms with Gasteiger partial charge in [-0.25, -0.2) is 9.97 Å². The van der Waals surface area contributed by atoms with Crippen LogP contribution in [0.5, 0.6) is 11.6 Å². The largest absolute Gasteiger partial charge is 0.496 e. The number of nitrogens with zero attached hydrogens (tertiary/aromatic N) is 5. The van der Waals surface area contributed by atoms with Crippen molar-refractivity contribution in [3.8, 4) is 23.0 Å². The Morgan fingerprint density at radius 2 is 2.14 bits per heavy atom. The summed E-state index contributed by atoms with van der Waals surface area (Å²) in [6.45, 7) is 5.17. The number of ether oxygens (including phenoxy) is 2. The molecule has 0 saturated carbocycles. The maximum absolute atomic E-state index is 11.9. The molecule has 0 radical (unpaired) electrons. The summed E-state index contributed by atoms with van der Waals surface area (Å²) in [4.78, 5) is 27.3. The van der Waals surface area contributed by atoms with E-state index in [1.54, 1.807) is 7.11 Å². The number of benzene rings is 1. The molecule has 4 rings (SSSR count). The third-order valence-electron chi connectivity index (χ3n) is 5.35. The lowest BCUT2D eigenvalue weighted by molar-refractivity contribution is -0.130. The smallest absolute Gasteiger partial charge is 0.245 e. The van der Waals surface area contributed by atoms with Crippen molar-refractivity contribution in [2.24, 2.45) is 7.05 Å². The van der Waals surface area contributed by atoms with Crippen LogP contribution in [0.1, 0.15) is 25.3 Å². The molecular weight excluding hydrogens is 370 g/mol. The highest BCUT2D eigenvalue weighted by molar-refractivity contribution is 5.81. The summed E-state index contributed by atoms with van der Waals surface area (Å²) in [5, 5.41) is 0. The van der Waals surface area contributed by atoms with Gasteiger partial charge in [0.25, 0.3) is 0 Å². The fourth-order valence-electron chi connectivity index (χ4n) is 3.77. The van der Waals surface area contributed by atoms with Crippen molar-refractivity contribution >= 4 is 17.1 Å². The Morgan fingerprint density at radius 1 is 1.31 bits per heavy atom. The number of methoxy groups -OCH3 is 1. The first-order valence-electron chi connectivity index (χ1n) is 9.78. The summed E-state index contributed by atoms with van der Waals surface area (Å²) in [5.41, 5.74) is 3.33. The average Bonchev–Trinajstić information content (AvgIpc) is 3.33. The number of aromatic nitrogens is 4. The number of hydrogen-bond donors (Lipinski definition) is 0. The summed E-state index contributed by atoms with van der Waals surface area (Å²) in [6.07, 6.45) is 2.70. The lowest BCUT2D eigenvalue weighted by Crippen LogP contribution is -2.30. The summed E-state index contributed by atoms with van der Waals surface area (Å²) in [5.74, 6) is 2.23. The standard InChI is InChI=1S/C21H25N5O3/c1-5-17(27)26-9-8-15(11-26)29-21-18-20(22-12-23-21)25(3)19(24-18)14-6-7-16(28-4)13(2)10-14/h6-7,10,12,15H,5,8-9,11H2,1-4H3/t15-/m0/s1. The molecule has 29 heavy (non-hydrogen) atoms. The lowest BCUT2D eigenvalue weighted by Gasteiger charge is -2.16. The van der Waals surface area contributed by atoms with Gasteiger partial charge in [0.05, 0.1) is 13.7 Å². The van der Waals surface area contributed by atoms with E-state index in [-0.39, 0.29) is 12.0 Å². The van der Waals surface area contributed by atoms with Gasteiger partial charge in [-0.05, 0) is 30.7 Å². The maximum Gasteiger partial charge on any atom is 0.245 e.